The second-order valence-electron chi connectivity index (χ2n) is 8.07. The maximum Gasteiger partial charge on any atom is 0.354 e. The highest BCUT2D eigenvalue weighted by Crippen LogP contribution is 2.32. The molecule has 0 unspecified atom stereocenters. The van der Waals surface area contributed by atoms with Gasteiger partial charge in [0.1, 0.15) is 11.6 Å². The minimum Gasteiger partial charge on any atom is -0.477 e. The molecule has 1 aliphatic heterocycles. The number of halogens is 2. The lowest BCUT2D eigenvalue weighted by atomic mass is 9.90. The topological polar surface area (TPSA) is 75.4 Å². The van der Waals surface area contributed by atoms with Gasteiger partial charge in [-0.3, -0.25) is 9.36 Å². The van der Waals surface area contributed by atoms with Crippen molar-refractivity contribution in [2.75, 3.05) is 18.0 Å². The number of carboxylic acid groups (broad SMARTS) is 1. The van der Waals surface area contributed by atoms with E-state index in [1.807, 2.05) is 12.1 Å². The molecule has 0 saturated carbocycles. The molecule has 0 radical (unpaired) electrons. The Hall–Kier alpha value is -3.19. The summed E-state index contributed by atoms with van der Waals surface area (Å²) in [4.78, 5) is 29.8. The normalized spacial score (nSPS) is 14.5. The van der Waals surface area contributed by atoms with E-state index >= 15 is 0 Å². The third-order valence-electron chi connectivity index (χ3n) is 5.86. The van der Waals surface area contributed by atoms with E-state index in [0.29, 0.717) is 16.6 Å². The average molecular weight is 456 g/mol. The minimum absolute atomic E-state index is 0.200. The van der Waals surface area contributed by atoms with Crippen molar-refractivity contribution >= 4 is 23.3 Å². The smallest absolute Gasteiger partial charge is 0.354 e. The summed E-state index contributed by atoms with van der Waals surface area (Å²) in [6, 6.07) is 13.1. The molecule has 3 aromatic rings. The number of anilines is 1. The molecule has 8 heteroatoms. The summed E-state index contributed by atoms with van der Waals surface area (Å²) in [5, 5.41) is 9.59. The molecule has 166 valence electrons. The van der Waals surface area contributed by atoms with Gasteiger partial charge >= 0.3 is 5.97 Å². The number of piperidine rings is 1. The monoisotopic (exact) mass is 455 g/mol. The van der Waals surface area contributed by atoms with E-state index in [1.165, 1.54) is 10.6 Å². The van der Waals surface area contributed by atoms with Crippen LogP contribution < -0.4 is 10.5 Å². The molecular weight excluding hydrogens is 433 g/mol. The van der Waals surface area contributed by atoms with Crippen molar-refractivity contribution in [3.63, 3.8) is 0 Å². The molecular formula is C24H23ClFN3O3. The third-order valence-corrected chi connectivity index (χ3v) is 6.17. The summed E-state index contributed by atoms with van der Waals surface area (Å²) < 4.78 is 14.8. The lowest BCUT2D eigenvalue weighted by Crippen LogP contribution is -2.34. The Morgan fingerprint density at radius 3 is 2.56 bits per heavy atom. The number of nitrogens with zero attached hydrogens (tertiary/aromatic N) is 3. The Kier molecular flexibility index (Phi) is 6.28. The quantitative estimate of drug-likeness (QED) is 0.613. The molecule has 0 amide bonds. The van der Waals surface area contributed by atoms with E-state index < -0.39 is 11.5 Å². The molecule has 0 spiro atoms. The van der Waals surface area contributed by atoms with Crippen LogP contribution in [0.2, 0.25) is 5.02 Å². The van der Waals surface area contributed by atoms with Crippen molar-refractivity contribution in [2.45, 2.75) is 26.2 Å². The summed E-state index contributed by atoms with van der Waals surface area (Å²) in [7, 11) is 0. The number of carboxylic acids is 1. The first-order chi connectivity index (χ1) is 15.3. The van der Waals surface area contributed by atoms with Gasteiger partial charge in [-0.05, 0) is 68.0 Å². The fourth-order valence-corrected chi connectivity index (χ4v) is 4.58. The van der Waals surface area contributed by atoms with Gasteiger partial charge in [-0.25, -0.2) is 14.2 Å². The first-order valence-corrected chi connectivity index (χ1v) is 10.8. The van der Waals surface area contributed by atoms with Crippen LogP contribution in [0.25, 0.3) is 5.69 Å². The van der Waals surface area contributed by atoms with Crippen molar-refractivity contribution < 1.29 is 14.3 Å². The van der Waals surface area contributed by atoms with Gasteiger partial charge in [0.15, 0.2) is 5.69 Å². The van der Waals surface area contributed by atoms with Gasteiger partial charge in [0.05, 0.1) is 16.4 Å². The SMILES string of the molecule is Cc1nc(C(=O)O)cc(=O)n1-c1ccc(N2CCC(Cc3cccc(F)c3)CC2)c(Cl)c1. The Balaban J connectivity index is 1.48. The Labute approximate surface area is 189 Å². The number of hydrogen-bond donors (Lipinski definition) is 1. The Morgan fingerprint density at radius 2 is 1.94 bits per heavy atom. The number of aromatic carboxylic acids is 1. The number of carbonyl (C=O) groups is 1. The maximum absolute atomic E-state index is 13.4. The Morgan fingerprint density at radius 1 is 1.19 bits per heavy atom. The maximum atomic E-state index is 13.4. The standard InChI is InChI=1S/C24H23ClFN3O3/c1-15-27-21(24(31)32)14-23(30)29(15)19-5-6-22(20(25)13-19)28-9-7-16(8-10-28)11-17-3-2-4-18(26)12-17/h2-6,12-14,16H,7-11H2,1H3,(H,31,32). The zero-order valence-corrected chi connectivity index (χ0v) is 18.3. The lowest BCUT2D eigenvalue weighted by Gasteiger charge is -2.34. The molecule has 4 rings (SSSR count). The lowest BCUT2D eigenvalue weighted by molar-refractivity contribution is 0.0689. The van der Waals surface area contributed by atoms with Crippen molar-refractivity contribution in [3.8, 4) is 5.69 Å². The summed E-state index contributed by atoms with van der Waals surface area (Å²) in [6.07, 6.45) is 2.82. The fraction of sp³-hybridized carbons (Fsp3) is 0.292. The highest BCUT2D eigenvalue weighted by molar-refractivity contribution is 6.33. The summed E-state index contributed by atoms with van der Waals surface area (Å²) >= 11 is 6.57. The highest BCUT2D eigenvalue weighted by atomic mass is 35.5. The Bertz CT molecular complexity index is 1220. The molecule has 2 heterocycles. The second-order valence-corrected chi connectivity index (χ2v) is 8.47. The molecule has 0 bridgehead atoms. The number of rotatable bonds is 5. The van der Waals surface area contributed by atoms with Gasteiger partial charge in [0, 0.05) is 19.2 Å². The predicted molar refractivity (Wildman–Crippen MR) is 122 cm³/mol. The molecule has 6 nitrogen and oxygen atoms in total. The van der Waals surface area contributed by atoms with Crippen LogP contribution in [0.1, 0.15) is 34.7 Å². The van der Waals surface area contributed by atoms with E-state index in [1.54, 1.807) is 31.2 Å². The van der Waals surface area contributed by atoms with E-state index in [2.05, 4.69) is 9.88 Å². The molecule has 2 aromatic carbocycles. The molecule has 0 atom stereocenters. The molecule has 32 heavy (non-hydrogen) atoms. The van der Waals surface area contributed by atoms with Crippen molar-refractivity contribution in [1.82, 2.24) is 9.55 Å². The summed E-state index contributed by atoms with van der Waals surface area (Å²) in [5.74, 6) is -0.677. The number of benzene rings is 2. The van der Waals surface area contributed by atoms with Gasteiger partial charge in [-0.1, -0.05) is 23.7 Å². The largest absolute Gasteiger partial charge is 0.477 e. The third kappa shape index (κ3) is 4.67. The minimum atomic E-state index is -1.24. The highest BCUT2D eigenvalue weighted by Gasteiger charge is 2.22. The molecule has 1 saturated heterocycles. The van der Waals surface area contributed by atoms with Crippen molar-refractivity contribution in [1.29, 1.82) is 0 Å². The van der Waals surface area contributed by atoms with Crippen LogP contribution in [0.4, 0.5) is 10.1 Å². The summed E-state index contributed by atoms with van der Waals surface area (Å²) in [6.45, 7) is 3.26. The predicted octanol–water partition coefficient (Wildman–Crippen LogP) is 4.49. The van der Waals surface area contributed by atoms with Gasteiger partial charge < -0.3 is 10.0 Å². The van der Waals surface area contributed by atoms with Crippen molar-refractivity contribution in [3.05, 3.63) is 86.8 Å². The first-order valence-electron chi connectivity index (χ1n) is 10.4. The van der Waals surface area contributed by atoms with Crippen LogP contribution in [-0.4, -0.2) is 33.7 Å². The van der Waals surface area contributed by atoms with Crippen LogP contribution in [0.15, 0.2) is 53.3 Å². The van der Waals surface area contributed by atoms with E-state index in [-0.39, 0.29) is 17.3 Å². The molecule has 0 aliphatic carbocycles. The van der Waals surface area contributed by atoms with Gasteiger partial charge in [0.25, 0.3) is 5.56 Å². The van der Waals surface area contributed by atoms with Crippen LogP contribution in [0, 0.1) is 18.7 Å². The van der Waals surface area contributed by atoms with Crippen LogP contribution in [0.3, 0.4) is 0 Å². The molecule has 1 aromatic heterocycles. The van der Waals surface area contributed by atoms with Gasteiger partial charge in [-0.15, -0.1) is 0 Å². The fourth-order valence-electron chi connectivity index (χ4n) is 4.29. The second kappa shape index (κ2) is 9.12. The first kappa shape index (κ1) is 22.0. The van der Waals surface area contributed by atoms with E-state index in [4.69, 9.17) is 16.7 Å². The van der Waals surface area contributed by atoms with Crippen LogP contribution in [-0.2, 0) is 6.42 Å². The average Bonchev–Trinajstić information content (AvgIpc) is 2.74. The zero-order valence-electron chi connectivity index (χ0n) is 17.6. The number of hydrogen-bond acceptors (Lipinski definition) is 4. The van der Waals surface area contributed by atoms with Crippen molar-refractivity contribution in [2.24, 2.45) is 5.92 Å². The summed E-state index contributed by atoms with van der Waals surface area (Å²) in [5.41, 5.74) is 1.69. The molecule has 1 fully saturated rings. The van der Waals surface area contributed by atoms with E-state index in [9.17, 15) is 14.0 Å². The number of aryl methyl sites for hydroxylation is 1. The van der Waals surface area contributed by atoms with Crippen LogP contribution in [0.5, 0.6) is 0 Å². The number of aromatic nitrogens is 2. The van der Waals surface area contributed by atoms with Gasteiger partial charge in [-0.2, -0.15) is 0 Å². The molecule has 1 aliphatic rings. The zero-order chi connectivity index (χ0) is 22.8. The van der Waals surface area contributed by atoms with E-state index in [0.717, 1.165) is 49.7 Å². The molecule has 1 N–H and O–H groups in total. The van der Waals surface area contributed by atoms with Crippen LogP contribution >= 0.6 is 11.6 Å². The van der Waals surface area contributed by atoms with Gasteiger partial charge in [0.2, 0.25) is 0 Å².